The average molecular weight is 242 g/mol. The van der Waals surface area contributed by atoms with Gasteiger partial charge < -0.3 is 10.6 Å². The number of benzene rings is 1. The quantitative estimate of drug-likeness (QED) is 0.853. The van der Waals surface area contributed by atoms with Gasteiger partial charge in [0.1, 0.15) is 11.6 Å². The monoisotopic (exact) mass is 242 g/mol. The van der Waals surface area contributed by atoms with Crippen molar-refractivity contribution in [2.45, 2.75) is 26.3 Å². The van der Waals surface area contributed by atoms with Gasteiger partial charge in [-0.25, -0.2) is 8.78 Å². The Morgan fingerprint density at radius 2 is 1.94 bits per heavy atom. The summed E-state index contributed by atoms with van der Waals surface area (Å²) in [5.41, 5.74) is -0.358. The molecule has 0 heterocycles. The zero-order valence-electron chi connectivity index (χ0n) is 10.1. The van der Waals surface area contributed by atoms with Crippen molar-refractivity contribution in [3.8, 4) is 0 Å². The molecule has 0 radical (unpaired) electrons. The number of carbonyl (C=O) groups is 1. The third-order valence-electron chi connectivity index (χ3n) is 1.98. The molecular weight excluding hydrogens is 226 g/mol. The van der Waals surface area contributed by atoms with Crippen molar-refractivity contribution in [1.82, 2.24) is 5.32 Å². The third-order valence-corrected chi connectivity index (χ3v) is 1.98. The summed E-state index contributed by atoms with van der Waals surface area (Å²) in [5.74, 6) is -1.66. The summed E-state index contributed by atoms with van der Waals surface area (Å²) in [6.07, 6.45) is 0. The molecule has 0 unspecified atom stereocenters. The molecule has 1 aromatic rings. The molecule has 3 nitrogen and oxygen atoms in total. The first-order chi connectivity index (χ1) is 7.78. The van der Waals surface area contributed by atoms with Crippen molar-refractivity contribution in [3.05, 3.63) is 29.8 Å². The zero-order valence-corrected chi connectivity index (χ0v) is 10.1. The molecule has 0 aliphatic rings. The van der Waals surface area contributed by atoms with Gasteiger partial charge in [-0.15, -0.1) is 0 Å². The number of carbonyl (C=O) groups excluding carboxylic acids is 1. The molecule has 0 fully saturated rings. The molecule has 0 bridgehead atoms. The van der Waals surface area contributed by atoms with Crippen LogP contribution in [-0.2, 0) is 4.79 Å². The lowest BCUT2D eigenvalue weighted by Gasteiger charge is -2.20. The number of hydrogen-bond donors (Lipinski definition) is 2. The fourth-order valence-electron chi connectivity index (χ4n) is 1.13. The van der Waals surface area contributed by atoms with Crippen LogP contribution >= 0.6 is 0 Å². The van der Waals surface area contributed by atoms with Gasteiger partial charge in [0.15, 0.2) is 0 Å². The van der Waals surface area contributed by atoms with Crippen LogP contribution in [0.2, 0.25) is 0 Å². The van der Waals surface area contributed by atoms with Crippen LogP contribution in [0, 0.1) is 11.6 Å². The summed E-state index contributed by atoms with van der Waals surface area (Å²) >= 11 is 0. The van der Waals surface area contributed by atoms with Gasteiger partial charge in [-0.05, 0) is 32.9 Å². The van der Waals surface area contributed by atoms with E-state index in [4.69, 9.17) is 0 Å². The Hall–Kier alpha value is -1.49. The Morgan fingerprint density at radius 3 is 2.53 bits per heavy atom. The molecule has 94 valence electrons. The molecule has 0 aliphatic carbocycles. The molecular formula is C12H16F2N2O. The van der Waals surface area contributed by atoms with Crippen LogP contribution in [0.1, 0.15) is 20.8 Å². The second-order valence-electron chi connectivity index (χ2n) is 4.78. The lowest BCUT2D eigenvalue weighted by Crippen LogP contribution is -2.41. The summed E-state index contributed by atoms with van der Waals surface area (Å²) < 4.78 is 26.0. The van der Waals surface area contributed by atoms with Crippen molar-refractivity contribution in [2.75, 3.05) is 11.9 Å². The summed E-state index contributed by atoms with van der Waals surface area (Å²) in [6.45, 7) is 5.76. The third kappa shape index (κ3) is 4.91. The number of hydrogen-bond acceptors (Lipinski definition) is 2. The second kappa shape index (κ2) is 5.23. The Labute approximate surface area is 99.2 Å². The number of nitrogens with one attached hydrogen (secondary N) is 2. The summed E-state index contributed by atoms with van der Waals surface area (Å²) in [7, 11) is 0. The van der Waals surface area contributed by atoms with Crippen molar-refractivity contribution >= 4 is 11.6 Å². The van der Waals surface area contributed by atoms with Gasteiger partial charge in [-0.1, -0.05) is 0 Å². The van der Waals surface area contributed by atoms with Crippen LogP contribution in [0.3, 0.4) is 0 Å². The smallest absolute Gasteiger partial charge is 0.238 e. The van der Waals surface area contributed by atoms with Crippen LogP contribution in [0.25, 0.3) is 0 Å². The molecule has 1 rings (SSSR count). The molecule has 2 N–H and O–H groups in total. The highest BCUT2D eigenvalue weighted by atomic mass is 19.1. The minimum absolute atomic E-state index is 0.0411. The lowest BCUT2D eigenvalue weighted by atomic mass is 10.1. The highest BCUT2D eigenvalue weighted by molar-refractivity contribution is 5.92. The summed E-state index contributed by atoms with van der Waals surface area (Å²) in [5, 5.41) is 5.25. The van der Waals surface area contributed by atoms with Crippen LogP contribution in [0.5, 0.6) is 0 Å². The van der Waals surface area contributed by atoms with Crippen LogP contribution in [0.15, 0.2) is 18.2 Å². The highest BCUT2D eigenvalue weighted by Gasteiger charge is 2.12. The van der Waals surface area contributed by atoms with E-state index in [9.17, 15) is 13.6 Å². The zero-order chi connectivity index (χ0) is 13.1. The SMILES string of the molecule is CC(C)(C)NCC(=O)Nc1cc(F)ccc1F. The van der Waals surface area contributed by atoms with Crippen molar-refractivity contribution in [2.24, 2.45) is 0 Å². The predicted molar refractivity (Wildman–Crippen MR) is 62.7 cm³/mol. The molecule has 0 aliphatic heterocycles. The first kappa shape index (κ1) is 13.6. The van der Waals surface area contributed by atoms with E-state index in [1.807, 2.05) is 20.8 Å². The molecule has 0 saturated heterocycles. The maximum absolute atomic E-state index is 13.2. The molecule has 1 aromatic carbocycles. The second-order valence-corrected chi connectivity index (χ2v) is 4.78. The minimum Gasteiger partial charge on any atom is -0.322 e. The Kier molecular flexibility index (Phi) is 4.17. The topological polar surface area (TPSA) is 41.1 Å². The van der Waals surface area contributed by atoms with E-state index >= 15 is 0 Å². The van der Waals surface area contributed by atoms with E-state index in [0.717, 1.165) is 18.2 Å². The van der Waals surface area contributed by atoms with Gasteiger partial charge in [0.2, 0.25) is 5.91 Å². The Morgan fingerprint density at radius 1 is 1.29 bits per heavy atom. The molecule has 0 atom stereocenters. The average Bonchev–Trinajstić information content (AvgIpc) is 2.20. The fourth-order valence-corrected chi connectivity index (χ4v) is 1.13. The standard InChI is InChI=1S/C12H16F2N2O/c1-12(2,3)15-7-11(17)16-10-6-8(13)4-5-9(10)14/h4-6,15H,7H2,1-3H3,(H,16,17). The maximum atomic E-state index is 13.2. The number of anilines is 1. The van der Waals surface area contributed by atoms with E-state index in [2.05, 4.69) is 10.6 Å². The molecule has 0 saturated carbocycles. The van der Waals surface area contributed by atoms with Crippen molar-refractivity contribution in [1.29, 1.82) is 0 Å². The van der Waals surface area contributed by atoms with E-state index in [-0.39, 0.29) is 17.8 Å². The van der Waals surface area contributed by atoms with Crippen molar-refractivity contribution < 1.29 is 13.6 Å². The molecule has 17 heavy (non-hydrogen) atoms. The van der Waals surface area contributed by atoms with Crippen LogP contribution < -0.4 is 10.6 Å². The van der Waals surface area contributed by atoms with Gasteiger partial charge in [0.25, 0.3) is 0 Å². The van der Waals surface area contributed by atoms with Crippen LogP contribution in [-0.4, -0.2) is 18.0 Å². The maximum Gasteiger partial charge on any atom is 0.238 e. The van der Waals surface area contributed by atoms with Gasteiger partial charge in [-0.3, -0.25) is 4.79 Å². The molecule has 0 spiro atoms. The van der Waals surface area contributed by atoms with E-state index < -0.39 is 17.5 Å². The summed E-state index contributed by atoms with van der Waals surface area (Å²) in [6, 6.07) is 2.92. The Balaban J connectivity index is 2.59. The number of rotatable bonds is 3. The Bertz CT molecular complexity index is 413. The largest absolute Gasteiger partial charge is 0.322 e. The molecule has 0 aromatic heterocycles. The van der Waals surface area contributed by atoms with E-state index in [1.54, 1.807) is 0 Å². The van der Waals surface area contributed by atoms with Gasteiger partial charge in [0.05, 0.1) is 12.2 Å². The van der Waals surface area contributed by atoms with E-state index in [1.165, 1.54) is 0 Å². The van der Waals surface area contributed by atoms with Gasteiger partial charge in [-0.2, -0.15) is 0 Å². The normalized spacial score (nSPS) is 11.4. The number of amides is 1. The fraction of sp³-hybridized carbons (Fsp3) is 0.417. The van der Waals surface area contributed by atoms with Crippen LogP contribution in [0.4, 0.5) is 14.5 Å². The molecule has 5 heteroatoms. The minimum atomic E-state index is -0.657. The highest BCUT2D eigenvalue weighted by Crippen LogP contribution is 2.14. The number of halogens is 2. The van der Waals surface area contributed by atoms with Gasteiger partial charge in [0, 0.05) is 11.6 Å². The van der Waals surface area contributed by atoms with Crippen molar-refractivity contribution in [3.63, 3.8) is 0 Å². The lowest BCUT2D eigenvalue weighted by molar-refractivity contribution is -0.115. The molecule has 1 amide bonds. The first-order valence-corrected chi connectivity index (χ1v) is 5.28. The predicted octanol–water partition coefficient (Wildman–Crippen LogP) is 2.29. The summed E-state index contributed by atoms with van der Waals surface area (Å²) in [4.78, 5) is 11.5. The first-order valence-electron chi connectivity index (χ1n) is 5.28. The van der Waals surface area contributed by atoms with E-state index in [0.29, 0.717) is 0 Å². The van der Waals surface area contributed by atoms with Gasteiger partial charge >= 0.3 is 0 Å².